The van der Waals surface area contributed by atoms with Gasteiger partial charge in [0.05, 0.1) is 11.6 Å². The number of carbonyl (C=O) groups excluding carboxylic acids is 1. The fraction of sp³-hybridized carbons (Fsp3) is 0.462. The van der Waals surface area contributed by atoms with Crippen LogP contribution in [0.1, 0.15) is 38.3 Å². The van der Waals surface area contributed by atoms with Crippen LogP contribution in [0.25, 0.3) is 17.2 Å². The van der Waals surface area contributed by atoms with Gasteiger partial charge in [-0.25, -0.2) is 4.39 Å². The highest BCUT2D eigenvalue weighted by Gasteiger charge is 2.55. The van der Waals surface area contributed by atoms with E-state index in [0.29, 0.717) is 11.8 Å². The number of allylic oxidation sites excluding steroid dienone is 1. The lowest BCUT2D eigenvalue weighted by Gasteiger charge is -2.48. The number of cyclic esters (lactones) is 1. The van der Waals surface area contributed by atoms with Crippen LogP contribution >= 0.6 is 0 Å². The van der Waals surface area contributed by atoms with E-state index in [-0.39, 0.29) is 41.7 Å². The van der Waals surface area contributed by atoms with Crippen LogP contribution in [0.5, 0.6) is 0 Å². The summed E-state index contributed by atoms with van der Waals surface area (Å²) in [5.74, 6) is 0.998. The van der Waals surface area contributed by atoms with E-state index < -0.39 is 0 Å². The largest absolute Gasteiger partial charge is 0.462 e. The van der Waals surface area contributed by atoms with Crippen LogP contribution in [-0.2, 0) is 9.53 Å². The SMILES string of the molecule is C[C@H]1OC(=O)[C@@H]2C[C@H]3C(CCC[C@@H]3N)[C@H](/C=C/c3ccc(-c4cccc(F)c4)cn3)[C@H]12. The Morgan fingerprint density at radius 2 is 2.03 bits per heavy atom. The minimum atomic E-state index is -0.254. The van der Waals surface area contributed by atoms with Crippen molar-refractivity contribution in [1.82, 2.24) is 4.98 Å². The first-order valence-corrected chi connectivity index (χ1v) is 11.4. The molecule has 1 aliphatic heterocycles. The van der Waals surface area contributed by atoms with Crippen molar-refractivity contribution >= 4 is 12.0 Å². The van der Waals surface area contributed by atoms with Gasteiger partial charge in [0.1, 0.15) is 11.9 Å². The highest BCUT2D eigenvalue weighted by molar-refractivity contribution is 5.75. The molecule has 3 aliphatic rings. The molecule has 3 fully saturated rings. The maximum Gasteiger partial charge on any atom is 0.309 e. The maximum absolute atomic E-state index is 13.5. The Bertz CT molecular complexity index is 989. The predicted molar refractivity (Wildman–Crippen MR) is 118 cm³/mol. The molecule has 2 heterocycles. The van der Waals surface area contributed by atoms with Gasteiger partial charge in [0.25, 0.3) is 0 Å². The Kier molecular flexibility index (Phi) is 5.39. The molecule has 0 amide bonds. The molecule has 0 bridgehead atoms. The van der Waals surface area contributed by atoms with Crippen LogP contribution in [0, 0.1) is 35.4 Å². The van der Waals surface area contributed by atoms with Crippen molar-refractivity contribution in [1.29, 1.82) is 0 Å². The molecule has 1 saturated heterocycles. The third-order valence-electron chi connectivity index (χ3n) is 7.68. The molecule has 2 saturated carbocycles. The van der Waals surface area contributed by atoms with Crippen LogP contribution in [0.2, 0.25) is 0 Å². The molecule has 7 atom stereocenters. The van der Waals surface area contributed by atoms with E-state index in [4.69, 9.17) is 10.5 Å². The Hall–Kier alpha value is -2.53. The zero-order valence-electron chi connectivity index (χ0n) is 17.8. The number of pyridine rings is 1. The second-order valence-electron chi connectivity index (χ2n) is 9.40. The number of benzene rings is 1. The van der Waals surface area contributed by atoms with E-state index >= 15 is 0 Å². The van der Waals surface area contributed by atoms with Gasteiger partial charge < -0.3 is 10.5 Å². The second kappa shape index (κ2) is 8.19. The molecular formula is C26H29FN2O2. The molecular weight excluding hydrogens is 391 g/mol. The fourth-order valence-corrected chi connectivity index (χ4v) is 6.23. The van der Waals surface area contributed by atoms with Crippen molar-refractivity contribution in [2.45, 2.75) is 44.8 Å². The minimum Gasteiger partial charge on any atom is -0.462 e. The van der Waals surface area contributed by atoms with E-state index in [2.05, 4.69) is 17.1 Å². The van der Waals surface area contributed by atoms with Crippen LogP contribution < -0.4 is 5.73 Å². The van der Waals surface area contributed by atoms with Crippen LogP contribution in [0.15, 0.2) is 48.7 Å². The quantitative estimate of drug-likeness (QED) is 0.722. The number of halogens is 1. The molecule has 2 N–H and O–H groups in total. The minimum absolute atomic E-state index is 0.0432. The van der Waals surface area contributed by atoms with Crippen molar-refractivity contribution in [2.24, 2.45) is 35.3 Å². The summed E-state index contributed by atoms with van der Waals surface area (Å²) in [4.78, 5) is 17.1. The number of rotatable bonds is 3. The summed E-state index contributed by atoms with van der Waals surface area (Å²) in [6.45, 7) is 2.03. The molecule has 2 aromatic rings. The fourth-order valence-electron chi connectivity index (χ4n) is 6.23. The lowest BCUT2D eigenvalue weighted by Crippen LogP contribution is -2.49. The molecule has 1 aromatic carbocycles. The second-order valence-corrected chi connectivity index (χ2v) is 9.40. The van der Waals surface area contributed by atoms with E-state index in [0.717, 1.165) is 42.5 Å². The first-order chi connectivity index (χ1) is 15.0. The Morgan fingerprint density at radius 1 is 1.16 bits per heavy atom. The first-order valence-electron chi connectivity index (χ1n) is 11.4. The molecule has 4 nitrogen and oxygen atoms in total. The lowest BCUT2D eigenvalue weighted by molar-refractivity contribution is -0.144. The summed E-state index contributed by atoms with van der Waals surface area (Å²) in [6.07, 6.45) is 10.2. The highest BCUT2D eigenvalue weighted by Crippen LogP contribution is 2.53. The van der Waals surface area contributed by atoms with E-state index in [1.165, 1.54) is 12.1 Å². The van der Waals surface area contributed by atoms with Crippen molar-refractivity contribution < 1.29 is 13.9 Å². The van der Waals surface area contributed by atoms with Crippen molar-refractivity contribution in [3.63, 3.8) is 0 Å². The number of aromatic nitrogens is 1. The normalized spacial score (nSPS) is 34.9. The van der Waals surface area contributed by atoms with Crippen molar-refractivity contribution in [2.75, 3.05) is 0 Å². The summed E-state index contributed by atoms with van der Waals surface area (Å²) < 4.78 is 19.2. The maximum atomic E-state index is 13.5. The monoisotopic (exact) mass is 420 g/mol. The standard InChI is InChI=1S/C26H29FN2O2/c1-15-25-21(20-6-3-7-24(28)22(20)13-23(25)26(30)31-15)11-10-19-9-8-17(14-29-19)16-4-2-5-18(27)12-16/h2,4-5,8-12,14-15,20-25H,3,6-7,13,28H2,1H3/b11-10+/t15-,20?,21+,22+,23-,24+,25+/m1/s1. The number of fused-ring (bicyclic) bond motifs is 2. The molecule has 1 unspecified atom stereocenters. The predicted octanol–water partition coefficient (Wildman–Crippen LogP) is 4.84. The number of nitrogens with two attached hydrogens (primary N) is 1. The van der Waals surface area contributed by atoms with E-state index in [1.807, 2.05) is 25.1 Å². The number of hydrogen-bond acceptors (Lipinski definition) is 4. The van der Waals surface area contributed by atoms with E-state index in [9.17, 15) is 9.18 Å². The molecule has 162 valence electrons. The number of nitrogens with zero attached hydrogens (tertiary/aromatic N) is 1. The number of esters is 1. The third kappa shape index (κ3) is 3.80. The molecule has 0 radical (unpaired) electrons. The van der Waals surface area contributed by atoms with Gasteiger partial charge in [-0.1, -0.05) is 30.7 Å². The molecule has 0 spiro atoms. The average Bonchev–Trinajstić information content (AvgIpc) is 3.05. The van der Waals surface area contributed by atoms with Gasteiger partial charge in [-0.15, -0.1) is 0 Å². The van der Waals surface area contributed by atoms with Crippen LogP contribution in [0.3, 0.4) is 0 Å². The van der Waals surface area contributed by atoms with Gasteiger partial charge in [0.2, 0.25) is 0 Å². The van der Waals surface area contributed by atoms with Gasteiger partial charge in [-0.05, 0) is 73.8 Å². The lowest BCUT2D eigenvalue weighted by atomic mass is 9.56. The highest BCUT2D eigenvalue weighted by atomic mass is 19.1. The van der Waals surface area contributed by atoms with Crippen LogP contribution in [-0.4, -0.2) is 23.1 Å². The summed E-state index contributed by atoms with van der Waals surface area (Å²) >= 11 is 0. The number of hydrogen-bond donors (Lipinski definition) is 1. The zero-order valence-corrected chi connectivity index (χ0v) is 17.8. The summed E-state index contributed by atoms with van der Waals surface area (Å²) in [6, 6.07) is 10.6. The Morgan fingerprint density at radius 3 is 2.81 bits per heavy atom. The van der Waals surface area contributed by atoms with E-state index in [1.54, 1.807) is 12.3 Å². The number of ether oxygens (including phenoxy) is 1. The molecule has 31 heavy (non-hydrogen) atoms. The van der Waals surface area contributed by atoms with Gasteiger partial charge in [-0.3, -0.25) is 9.78 Å². The Balaban J connectivity index is 1.40. The van der Waals surface area contributed by atoms with Gasteiger partial charge in [0, 0.05) is 23.7 Å². The zero-order chi connectivity index (χ0) is 21.5. The smallest absolute Gasteiger partial charge is 0.309 e. The van der Waals surface area contributed by atoms with Gasteiger partial charge in [-0.2, -0.15) is 0 Å². The number of carbonyl (C=O) groups is 1. The molecule has 5 rings (SSSR count). The molecule has 1 aromatic heterocycles. The molecule has 2 aliphatic carbocycles. The summed E-state index contributed by atoms with van der Waals surface area (Å²) in [7, 11) is 0. The Labute approximate surface area is 182 Å². The van der Waals surface area contributed by atoms with Crippen molar-refractivity contribution in [3.8, 4) is 11.1 Å². The third-order valence-corrected chi connectivity index (χ3v) is 7.68. The molecule has 5 heteroatoms. The van der Waals surface area contributed by atoms with Crippen LogP contribution in [0.4, 0.5) is 4.39 Å². The average molecular weight is 421 g/mol. The van der Waals surface area contributed by atoms with Crippen molar-refractivity contribution in [3.05, 3.63) is 60.2 Å². The van der Waals surface area contributed by atoms with Gasteiger partial charge >= 0.3 is 5.97 Å². The summed E-state index contributed by atoms with van der Waals surface area (Å²) in [5.41, 5.74) is 9.05. The van der Waals surface area contributed by atoms with Gasteiger partial charge in [0.15, 0.2) is 0 Å². The summed E-state index contributed by atoms with van der Waals surface area (Å²) in [5, 5.41) is 0. The topological polar surface area (TPSA) is 65.2 Å². The first kappa shape index (κ1) is 20.4.